The average Bonchev–Trinajstić information content (AvgIpc) is 3.35. The van der Waals surface area contributed by atoms with Crippen molar-refractivity contribution in [1.82, 2.24) is 15.1 Å². The van der Waals surface area contributed by atoms with Crippen molar-refractivity contribution in [1.29, 1.82) is 0 Å². The van der Waals surface area contributed by atoms with Gasteiger partial charge in [-0.25, -0.2) is 0 Å². The fourth-order valence-corrected chi connectivity index (χ4v) is 5.89. The van der Waals surface area contributed by atoms with E-state index in [1.165, 1.54) is 11.3 Å². The molecule has 0 aliphatic heterocycles. The summed E-state index contributed by atoms with van der Waals surface area (Å²) >= 11 is 1.29. The molecule has 2 amide bonds. The molecule has 12 heteroatoms. The highest BCUT2D eigenvalue weighted by Crippen LogP contribution is 2.39. The van der Waals surface area contributed by atoms with Crippen molar-refractivity contribution in [2.75, 3.05) is 18.5 Å². The number of fused-ring (bicyclic) bond motifs is 2. The molecule has 0 bridgehead atoms. The molecule has 186 valence electrons. The monoisotopic (exact) mass is 500 g/mol. The van der Waals surface area contributed by atoms with E-state index in [1.54, 1.807) is 0 Å². The summed E-state index contributed by atoms with van der Waals surface area (Å²) in [5.41, 5.74) is 0.843. The Morgan fingerprint density at radius 1 is 1.09 bits per heavy atom. The smallest absolute Gasteiger partial charge is 0.394 e. The third-order valence-electron chi connectivity index (χ3n) is 6.18. The lowest BCUT2D eigenvalue weighted by Gasteiger charge is -2.15. The SMILES string of the molecule is O=C(Cn1nc(C(F)(F)F)c2c1CCCC2)Nc1sc2c(c1C(=O)NCC(O)CO)CCCC2. The fraction of sp³-hybridized carbons (Fsp3) is 0.591. The number of aliphatic hydroxyl groups is 2. The number of hydrogen-bond donors (Lipinski definition) is 4. The molecule has 0 saturated heterocycles. The predicted octanol–water partition coefficient (Wildman–Crippen LogP) is 2.44. The number of alkyl halides is 3. The Morgan fingerprint density at radius 3 is 2.47 bits per heavy atom. The van der Waals surface area contributed by atoms with Gasteiger partial charge >= 0.3 is 6.18 Å². The highest BCUT2D eigenvalue weighted by molar-refractivity contribution is 7.17. The zero-order chi connectivity index (χ0) is 24.5. The Bertz CT molecular complexity index is 1080. The second-order valence-corrected chi connectivity index (χ2v) is 9.75. The van der Waals surface area contributed by atoms with E-state index in [-0.39, 0.29) is 25.1 Å². The van der Waals surface area contributed by atoms with Crippen LogP contribution in [0.25, 0.3) is 0 Å². The summed E-state index contributed by atoms with van der Waals surface area (Å²) in [5.74, 6) is -1.04. The molecule has 1 unspecified atom stereocenters. The lowest BCUT2D eigenvalue weighted by Crippen LogP contribution is -2.34. The van der Waals surface area contributed by atoms with Gasteiger partial charge < -0.3 is 20.8 Å². The van der Waals surface area contributed by atoms with E-state index < -0.39 is 36.4 Å². The Labute approximate surface area is 198 Å². The van der Waals surface area contributed by atoms with Gasteiger partial charge in [-0.2, -0.15) is 18.3 Å². The minimum Gasteiger partial charge on any atom is -0.394 e. The Hall–Kier alpha value is -2.44. The van der Waals surface area contributed by atoms with Gasteiger partial charge in [0.05, 0.1) is 18.3 Å². The van der Waals surface area contributed by atoms with Gasteiger partial charge in [-0.1, -0.05) is 0 Å². The first kappa shape index (κ1) is 24.7. The van der Waals surface area contributed by atoms with Gasteiger partial charge in [0, 0.05) is 22.7 Å². The molecule has 2 heterocycles. The fourth-order valence-electron chi connectivity index (χ4n) is 4.59. The van der Waals surface area contributed by atoms with Crippen LogP contribution in [0.3, 0.4) is 0 Å². The molecular weight excluding hydrogens is 473 g/mol. The molecule has 1 atom stereocenters. The molecule has 2 aliphatic carbocycles. The second kappa shape index (κ2) is 10.0. The Kier molecular flexibility index (Phi) is 7.29. The van der Waals surface area contributed by atoms with Gasteiger partial charge in [-0.15, -0.1) is 11.3 Å². The largest absolute Gasteiger partial charge is 0.435 e. The van der Waals surface area contributed by atoms with Crippen LogP contribution in [0.5, 0.6) is 0 Å². The van der Waals surface area contributed by atoms with Crippen LogP contribution in [0.1, 0.15) is 63.4 Å². The third kappa shape index (κ3) is 5.13. The van der Waals surface area contributed by atoms with Crippen molar-refractivity contribution in [2.24, 2.45) is 0 Å². The summed E-state index contributed by atoms with van der Waals surface area (Å²) in [6, 6.07) is 0. The molecule has 0 aromatic carbocycles. The number of hydrogen-bond acceptors (Lipinski definition) is 6. The van der Waals surface area contributed by atoms with Gasteiger partial charge in [0.25, 0.3) is 5.91 Å². The van der Waals surface area contributed by atoms with Crippen LogP contribution in [0.15, 0.2) is 0 Å². The van der Waals surface area contributed by atoms with Crippen LogP contribution in [0, 0.1) is 0 Å². The number of halogens is 3. The first-order chi connectivity index (χ1) is 16.2. The highest BCUT2D eigenvalue weighted by atomic mass is 32.1. The van der Waals surface area contributed by atoms with Crippen molar-refractivity contribution >= 4 is 28.2 Å². The van der Waals surface area contributed by atoms with Crippen molar-refractivity contribution in [3.63, 3.8) is 0 Å². The molecule has 34 heavy (non-hydrogen) atoms. The van der Waals surface area contributed by atoms with Gasteiger partial charge in [0.2, 0.25) is 5.91 Å². The van der Waals surface area contributed by atoms with E-state index in [1.807, 2.05) is 0 Å². The molecule has 0 saturated carbocycles. The van der Waals surface area contributed by atoms with Gasteiger partial charge in [-0.3, -0.25) is 14.3 Å². The third-order valence-corrected chi connectivity index (χ3v) is 7.39. The summed E-state index contributed by atoms with van der Waals surface area (Å²) in [7, 11) is 0. The summed E-state index contributed by atoms with van der Waals surface area (Å²) in [4.78, 5) is 26.7. The highest BCUT2D eigenvalue weighted by Gasteiger charge is 2.39. The summed E-state index contributed by atoms with van der Waals surface area (Å²) in [5, 5.41) is 27.9. The number of carbonyl (C=O) groups is 2. The van der Waals surface area contributed by atoms with Crippen molar-refractivity contribution in [3.05, 3.63) is 33.0 Å². The minimum absolute atomic E-state index is 0.146. The number of carbonyl (C=O) groups excluding carboxylic acids is 2. The van der Waals surface area contributed by atoms with E-state index in [2.05, 4.69) is 15.7 Å². The molecule has 0 fully saturated rings. The molecule has 8 nitrogen and oxygen atoms in total. The maximum absolute atomic E-state index is 13.4. The number of aryl methyl sites for hydroxylation is 1. The number of aromatic nitrogens is 2. The lowest BCUT2D eigenvalue weighted by molar-refractivity contribution is -0.142. The maximum Gasteiger partial charge on any atom is 0.435 e. The summed E-state index contributed by atoms with van der Waals surface area (Å²) in [6.07, 6.45) is -0.275. The number of nitrogens with zero attached hydrogens (tertiary/aromatic N) is 2. The van der Waals surface area contributed by atoms with Gasteiger partial charge in [-0.05, 0) is 56.9 Å². The quantitative estimate of drug-likeness (QED) is 0.466. The Morgan fingerprint density at radius 2 is 1.76 bits per heavy atom. The zero-order valence-electron chi connectivity index (χ0n) is 18.5. The molecule has 0 radical (unpaired) electrons. The number of rotatable bonds is 7. The van der Waals surface area contributed by atoms with Crippen molar-refractivity contribution in [2.45, 2.75) is 70.2 Å². The van der Waals surface area contributed by atoms with Crippen LogP contribution in [-0.2, 0) is 43.2 Å². The molecule has 2 aromatic rings. The number of anilines is 1. The summed E-state index contributed by atoms with van der Waals surface area (Å²) < 4.78 is 41.5. The van der Waals surface area contributed by atoms with E-state index in [4.69, 9.17) is 5.11 Å². The standard InChI is InChI=1S/C22H27F3N4O4S/c23-22(24,25)19-13-5-1-3-7-15(13)29(28-19)10-17(32)27-21-18(20(33)26-9-12(31)11-30)14-6-2-4-8-16(14)34-21/h12,30-31H,1-11H2,(H,26,33)(H,27,32). The molecule has 0 spiro atoms. The molecule has 4 rings (SSSR count). The number of thiophene rings is 1. The topological polar surface area (TPSA) is 116 Å². The van der Waals surface area contributed by atoms with Gasteiger partial charge in [0.1, 0.15) is 11.5 Å². The van der Waals surface area contributed by atoms with Crippen molar-refractivity contribution < 1.29 is 33.0 Å². The average molecular weight is 501 g/mol. The van der Waals surface area contributed by atoms with E-state index in [0.29, 0.717) is 35.5 Å². The van der Waals surface area contributed by atoms with E-state index in [9.17, 15) is 27.9 Å². The van der Waals surface area contributed by atoms with Crippen LogP contribution >= 0.6 is 11.3 Å². The normalized spacial score (nSPS) is 16.5. The second-order valence-electron chi connectivity index (χ2n) is 8.65. The summed E-state index contributed by atoms with van der Waals surface area (Å²) in [6.45, 7) is -1.03. The van der Waals surface area contributed by atoms with Crippen LogP contribution in [-0.4, -0.2) is 51.1 Å². The van der Waals surface area contributed by atoms with E-state index in [0.717, 1.165) is 40.8 Å². The number of aliphatic hydroxyl groups excluding tert-OH is 2. The van der Waals surface area contributed by atoms with Crippen LogP contribution in [0.4, 0.5) is 18.2 Å². The van der Waals surface area contributed by atoms with Crippen molar-refractivity contribution in [3.8, 4) is 0 Å². The first-order valence-electron chi connectivity index (χ1n) is 11.4. The lowest BCUT2D eigenvalue weighted by atomic mass is 9.95. The van der Waals surface area contributed by atoms with Crippen LogP contribution < -0.4 is 10.6 Å². The number of amides is 2. The predicted molar refractivity (Wildman–Crippen MR) is 119 cm³/mol. The molecular formula is C22H27F3N4O4S. The molecule has 2 aromatic heterocycles. The molecule has 2 aliphatic rings. The minimum atomic E-state index is -4.58. The molecule has 4 N–H and O–H groups in total. The van der Waals surface area contributed by atoms with Gasteiger partial charge in [0.15, 0.2) is 5.69 Å². The maximum atomic E-state index is 13.4. The first-order valence-corrected chi connectivity index (χ1v) is 12.2. The zero-order valence-corrected chi connectivity index (χ0v) is 19.3. The Balaban J connectivity index is 1.56. The number of nitrogens with one attached hydrogen (secondary N) is 2. The van der Waals surface area contributed by atoms with Crippen LogP contribution in [0.2, 0.25) is 0 Å². The van der Waals surface area contributed by atoms with E-state index >= 15 is 0 Å².